The monoisotopic (exact) mass is 241 g/mol. The van der Waals surface area contributed by atoms with Crippen LogP contribution in [0.25, 0.3) is 0 Å². The van der Waals surface area contributed by atoms with E-state index in [-0.39, 0.29) is 11.7 Å². The predicted octanol–water partition coefficient (Wildman–Crippen LogP) is 1.79. The maximum absolute atomic E-state index is 10.9. The van der Waals surface area contributed by atoms with Crippen LogP contribution in [0.4, 0.5) is 11.4 Å². The molecule has 2 N–H and O–H groups in total. The molecule has 1 fully saturated rings. The summed E-state index contributed by atoms with van der Waals surface area (Å²) in [6.45, 7) is 1.41. The molecule has 1 aliphatic heterocycles. The average molecular weight is 242 g/mol. The minimum atomic E-state index is -0.412. The zero-order valence-electron chi connectivity index (χ0n) is 8.60. The Hall–Kier alpha value is -1.33. The molecule has 16 heavy (non-hydrogen) atoms. The quantitative estimate of drug-likeness (QED) is 0.633. The topological polar surface area (TPSA) is 72.4 Å². The Kier molecular flexibility index (Phi) is 2.98. The summed E-state index contributed by atoms with van der Waals surface area (Å²) in [7, 11) is 0. The second kappa shape index (κ2) is 4.27. The van der Waals surface area contributed by atoms with E-state index in [1.165, 1.54) is 6.07 Å². The van der Waals surface area contributed by atoms with Gasteiger partial charge < -0.3 is 10.6 Å². The van der Waals surface area contributed by atoms with Gasteiger partial charge in [0.25, 0.3) is 5.69 Å². The fourth-order valence-electron chi connectivity index (χ4n) is 1.92. The van der Waals surface area contributed by atoms with Crippen molar-refractivity contribution in [3.05, 3.63) is 33.3 Å². The van der Waals surface area contributed by atoms with E-state index in [2.05, 4.69) is 0 Å². The Morgan fingerprint density at radius 3 is 2.88 bits per heavy atom. The first-order valence-electron chi connectivity index (χ1n) is 5.02. The number of nitro benzene ring substituents is 1. The van der Waals surface area contributed by atoms with Crippen LogP contribution in [0.5, 0.6) is 0 Å². The molecule has 2 rings (SSSR count). The Morgan fingerprint density at radius 2 is 2.31 bits per heavy atom. The van der Waals surface area contributed by atoms with Gasteiger partial charge in [0.1, 0.15) is 5.69 Å². The zero-order valence-corrected chi connectivity index (χ0v) is 9.35. The molecule has 1 aromatic carbocycles. The van der Waals surface area contributed by atoms with E-state index >= 15 is 0 Å². The third-order valence-electron chi connectivity index (χ3n) is 2.70. The molecule has 0 bridgehead atoms. The van der Waals surface area contributed by atoms with Gasteiger partial charge >= 0.3 is 0 Å². The highest BCUT2D eigenvalue weighted by Crippen LogP contribution is 2.32. The Balaban J connectivity index is 2.36. The summed E-state index contributed by atoms with van der Waals surface area (Å²) < 4.78 is 0. The SMILES string of the molecule is N[C@@H]1CCN(c2ccc(Cl)cc2[N+](=O)[O-])C1. The van der Waals surface area contributed by atoms with Crippen LogP contribution in [-0.2, 0) is 0 Å². The summed E-state index contributed by atoms with van der Waals surface area (Å²) in [6.07, 6.45) is 0.861. The molecule has 0 radical (unpaired) electrons. The normalized spacial score (nSPS) is 20.1. The van der Waals surface area contributed by atoms with Crippen LogP contribution in [0.2, 0.25) is 5.02 Å². The first kappa shape index (κ1) is 11.2. The molecule has 1 atom stereocenters. The van der Waals surface area contributed by atoms with Crippen LogP contribution in [-0.4, -0.2) is 24.1 Å². The molecule has 1 heterocycles. The molecule has 0 aliphatic carbocycles. The van der Waals surface area contributed by atoms with Gasteiger partial charge in [0, 0.05) is 30.2 Å². The van der Waals surface area contributed by atoms with Crippen molar-refractivity contribution in [1.82, 2.24) is 0 Å². The van der Waals surface area contributed by atoms with E-state index in [1.807, 2.05) is 4.90 Å². The van der Waals surface area contributed by atoms with E-state index < -0.39 is 4.92 Å². The van der Waals surface area contributed by atoms with Crippen LogP contribution >= 0.6 is 11.6 Å². The second-order valence-electron chi connectivity index (χ2n) is 3.88. The van der Waals surface area contributed by atoms with Crippen LogP contribution in [0.15, 0.2) is 18.2 Å². The van der Waals surface area contributed by atoms with E-state index in [9.17, 15) is 10.1 Å². The minimum Gasteiger partial charge on any atom is -0.364 e. The van der Waals surface area contributed by atoms with E-state index in [4.69, 9.17) is 17.3 Å². The summed E-state index contributed by atoms with van der Waals surface area (Å²) in [5.41, 5.74) is 6.42. The van der Waals surface area contributed by atoms with Gasteiger partial charge in [0.15, 0.2) is 0 Å². The van der Waals surface area contributed by atoms with Crippen molar-refractivity contribution in [2.75, 3.05) is 18.0 Å². The first-order valence-corrected chi connectivity index (χ1v) is 5.40. The largest absolute Gasteiger partial charge is 0.364 e. The summed E-state index contributed by atoms with van der Waals surface area (Å²) in [5, 5.41) is 11.3. The lowest BCUT2D eigenvalue weighted by molar-refractivity contribution is -0.384. The van der Waals surface area contributed by atoms with Crippen molar-refractivity contribution in [2.45, 2.75) is 12.5 Å². The Labute approximate surface area is 97.9 Å². The average Bonchev–Trinajstić information content (AvgIpc) is 2.64. The maximum atomic E-state index is 10.9. The lowest BCUT2D eigenvalue weighted by Gasteiger charge is -2.17. The Bertz CT molecular complexity index is 425. The molecular weight excluding hydrogens is 230 g/mol. The summed E-state index contributed by atoms with van der Waals surface area (Å²) in [5.74, 6) is 0. The van der Waals surface area contributed by atoms with Crippen LogP contribution < -0.4 is 10.6 Å². The number of nitrogens with zero attached hydrogens (tertiary/aromatic N) is 2. The minimum absolute atomic E-state index is 0.0431. The van der Waals surface area contributed by atoms with Crippen LogP contribution in [0.3, 0.4) is 0 Å². The van der Waals surface area contributed by atoms with E-state index in [0.29, 0.717) is 17.3 Å². The van der Waals surface area contributed by atoms with Crippen molar-refractivity contribution in [2.24, 2.45) is 5.73 Å². The fraction of sp³-hybridized carbons (Fsp3) is 0.400. The number of anilines is 1. The lowest BCUT2D eigenvalue weighted by atomic mass is 10.2. The number of nitrogens with two attached hydrogens (primary N) is 1. The van der Waals surface area contributed by atoms with Gasteiger partial charge in [-0.25, -0.2) is 0 Å². The Morgan fingerprint density at radius 1 is 1.56 bits per heavy atom. The fourth-order valence-corrected chi connectivity index (χ4v) is 2.08. The highest BCUT2D eigenvalue weighted by atomic mass is 35.5. The molecular formula is C10H12ClN3O2. The van der Waals surface area contributed by atoms with Crippen LogP contribution in [0, 0.1) is 10.1 Å². The lowest BCUT2D eigenvalue weighted by Crippen LogP contribution is -2.26. The second-order valence-corrected chi connectivity index (χ2v) is 4.32. The van der Waals surface area contributed by atoms with Gasteiger partial charge in [-0.2, -0.15) is 0 Å². The highest BCUT2D eigenvalue weighted by molar-refractivity contribution is 6.30. The van der Waals surface area contributed by atoms with Crippen molar-refractivity contribution in [3.63, 3.8) is 0 Å². The number of rotatable bonds is 2. The van der Waals surface area contributed by atoms with Gasteiger partial charge in [-0.3, -0.25) is 10.1 Å². The van der Waals surface area contributed by atoms with Crippen molar-refractivity contribution >= 4 is 23.0 Å². The van der Waals surface area contributed by atoms with Gasteiger partial charge in [0.2, 0.25) is 0 Å². The van der Waals surface area contributed by atoms with Crippen LogP contribution in [0.1, 0.15) is 6.42 Å². The molecule has 1 saturated heterocycles. The summed E-state index contributed by atoms with van der Waals surface area (Å²) >= 11 is 5.75. The molecule has 0 aromatic heterocycles. The molecule has 0 unspecified atom stereocenters. The molecule has 5 nitrogen and oxygen atoms in total. The number of hydrogen-bond acceptors (Lipinski definition) is 4. The van der Waals surface area contributed by atoms with Crippen molar-refractivity contribution in [1.29, 1.82) is 0 Å². The third kappa shape index (κ3) is 2.10. The third-order valence-corrected chi connectivity index (χ3v) is 2.93. The zero-order chi connectivity index (χ0) is 11.7. The van der Waals surface area contributed by atoms with Gasteiger partial charge in [0.05, 0.1) is 4.92 Å². The molecule has 86 valence electrons. The number of hydrogen-bond donors (Lipinski definition) is 1. The van der Waals surface area contributed by atoms with Gasteiger partial charge in [-0.15, -0.1) is 0 Å². The predicted molar refractivity (Wildman–Crippen MR) is 62.9 cm³/mol. The summed E-state index contributed by atoms with van der Waals surface area (Å²) in [4.78, 5) is 12.4. The van der Waals surface area contributed by atoms with E-state index in [0.717, 1.165) is 13.0 Å². The number of benzene rings is 1. The maximum Gasteiger partial charge on any atom is 0.294 e. The van der Waals surface area contributed by atoms with Gasteiger partial charge in [-0.1, -0.05) is 11.6 Å². The standard InChI is InChI=1S/C10H12ClN3O2/c11-7-1-2-9(10(5-7)14(15)16)13-4-3-8(12)6-13/h1-2,5,8H,3-4,6,12H2/t8-/m1/s1. The van der Waals surface area contributed by atoms with Gasteiger partial charge in [-0.05, 0) is 18.6 Å². The molecule has 1 aromatic rings. The van der Waals surface area contributed by atoms with Crippen molar-refractivity contribution < 1.29 is 4.92 Å². The molecule has 0 spiro atoms. The molecule has 0 saturated carbocycles. The molecule has 6 heteroatoms. The van der Waals surface area contributed by atoms with Crippen molar-refractivity contribution in [3.8, 4) is 0 Å². The molecule has 1 aliphatic rings. The first-order chi connectivity index (χ1) is 7.58. The molecule has 0 amide bonds. The highest BCUT2D eigenvalue weighted by Gasteiger charge is 2.25. The number of halogens is 1. The van der Waals surface area contributed by atoms with E-state index in [1.54, 1.807) is 12.1 Å². The smallest absolute Gasteiger partial charge is 0.294 e. The summed E-state index contributed by atoms with van der Waals surface area (Å²) in [6, 6.07) is 4.81. The number of nitro groups is 1.